The van der Waals surface area contributed by atoms with Gasteiger partial charge in [-0.15, -0.1) is 0 Å². The maximum Gasteiger partial charge on any atom is 0.407 e. The van der Waals surface area contributed by atoms with Crippen molar-refractivity contribution in [2.75, 3.05) is 49.5 Å². The zero-order valence-electron chi connectivity index (χ0n) is 20.6. The van der Waals surface area contributed by atoms with Crippen molar-refractivity contribution in [3.63, 3.8) is 0 Å². The normalized spacial score (nSPS) is 19.1. The highest BCUT2D eigenvalue weighted by molar-refractivity contribution is 5.94. The van der Waals surface area contributed by atoms with Crippen molar-refractivity contribution in [1.29, 1.82) is 0 Å². The van der Waals surface area contributed by atoms with Crippen LogP contribution in [-0.4, -0.2) is 80.6 Å². The number of carboxylic acid groups (broad SMARTS) is 1. The van der Waals surface area contributed by atoms with Crippen LogP contribution in [0.25, 0.3) is 0 Å². The lowest BCUT2D eigenvalue weighted by atomic mass is 9.95. The van der Waals surface area contributed by atoms with Crippen molar-refractivity contribution in [2.45, 2.75) is 38.9 Å². The first-order valence-electron chi connectivity index (χ1n) is 12.2. The lowest BCUT2D eigenvalue weighted by Crippen LogP contribution is -2.50. The number of halogens is 1. The summed E-state index contributed by atoms with van der Waals surface area (Å²) in [6.07, 6.45) is -0.583. The summed E-state index contributed by atoms with van der Waals surface area (Å²) in [6, 6.07) is 6.52. The summed E-state index contributed by atoms with van der Waals surface area (Å²) in [5, 5.41) is 20.4. The Morgan fingerprint density at radius 1 is 1.28 bits per heavy atom. The van der Waals surface area contributed by atoms with Gasteiger partial charge in [-0.25, -0.2) is 19.0 Å². The van der Waals surface area contributed by atoms with Gasteiger partial charge in [-0.2, -0.15) is 0 Å². The Hall–Kier alpha value is -3.57. The number of carbonyl (C=O) groups is 3. The molecule has 11 nitrogen and oxygen atoms in total. The molecule has 1 saturated heterocycles. The number of rotatable bonds is 9. The summed E-state index contributed by atoms with van der Waals surface area (Å²) in [5.41, 5.74) is 1.82. The highest BCUT2D eigenvalue weighted by Crippen LogP contribution is 2.25. The fraction of sp³-hybridized carbons (Fsp3) is 0.583. The third-order valence-corrected chi connectivity index (χ3v) is 5.90. The van der Waals surface area contributed by atoms with E-state index >= 15 is 0 Å². The fourth-order valence-electron chi connectivity index (χ4n) is 3.89. The minimum absolute atomic E-state index is 0.122. The number of aliphatic imine (C=N–C) groups is 1. The van der Waals surface area contributed by atoms with Gasteiger partial charge in [0.2, 0.25) is 5.91 Å². The molecule has 0 bridgehead atoms. The van der Waals surface area contributed by atoms with E-state index in [1.165, 1.54) is 0 Å². The van der Waals surface area contributed by atoms with Gasteiger partial charge in [0.25, 0.3) is 0 Å². The number of aliphatic carboxylic acids is 1. The lowest BCUT2D eigenvalue weighted by molar-refractivity contribution is -0.139. The third-order valence-electron chi connectivity index (χ3n) is 5.90. The number of nitrogens with zero attached hydrogens (tertiary/aromatic N) is 2. The number of guanidine groups is 1. The van der Waals surface area contributed by atoms with Crippen molar-refractivity contribution in [2.24, 2.45) is 16.8 Å². The molecule has 198 valence electrons. The van der Waals surface area contributed by atoms with Crippen LogP contribution in [0, 0.1) is 11.8 Å². The summed E-state index contributed by atoms with van der Waals surface area (Å²) in [7, 11) is 0. The van der Waals surface area contributed by atoms with E-state index in [1.54, 1.807) is 0 Å². The molecule has 0 saturated carbocycles. The van der Waals surface area contributed by atoms with E-state index in [9.17, 15) is 23.9 Å². The average molecular weight is 507 g/mol. The van der Waals surface area contributed by atoms with Crippen LogP contribution in [-0.2, 0) is 14.3 Å². The number of alkyl halides is 1. The maximum atomic E-state index is 13.2. The van der Waals surface area contributed by atoms with Crippen molar-refractivity contribution >= 4 is 35.3 Å². The van der Waals surface area contributed by atoms with Crippen LogP contribution >= 0.6 is 0 Å². The number of hydrogen-bond acceptors (Lipinski definition) is 8. The van der Waals surface area contributed by atoms with Gasteiger partial charge in [0.1, 0.15) is 12.2 Å². The van der Waals surface area contributed by atoms with Crippen LogP contribution in [0.3, 0.4) is 0 Å². The summed E-state index contributed by atoms with van der Waals surface area (Å²) in [6.45, 7) is 5.37. The third kappa shape index (κ3) is 8.28. The number of benzene rings is 1. The monoisotopic (exact) mass is 506 g/mol. The zero-order valence-corrected chi connectivity index (χ0v) is 20.6. The molecule has 0 spiro atoms. The number of amides is 2. The van der Waals surface area contributed by atoms with Gasteiger partial charge in [-0.1, -0.05) is 19.9 Å². The lowest BCUT2D eigenvalue weighted by Gasteiger charge is -2.33. The molecule has 2 amide bonds. The first-order valence-corrected chi connectivity index (χ1v) is 12.2. The fourth-order valence-corrected chi connectivity index (χ4v) is 3.89. The molecular weight excluding hydrogens is 471 g/mol. The van der Waals surface area contributed by atoms with Crippen molar-refractivity contribution in [1.82, 2.24) is 16.0 Å². The average Bonchev–Trinajstić information content (AvgIpc) is 2.86. The Labute approximate surface area is 209 Å². The molecule has 2 aliphatic heterocycles. The summed E-state index contributed by atoms with van der Waals surface area (Å²) in [5.74, 6) is -1.07. The summed E-state index contributed by atoms with van der Waals surface area (Å²) in [4.78, 5) is 42.2. The van der Waals surface area contributed by atoms with Crippen molar-refractivity contribution in [3.8, 4) is 0 Å². The molecule has 5 N–H and O–H groups in total. The second-order valence-electron chi connectivity index (χ2n) is 9.38. The van der Waals surface area contributed by atoms with E-state index in [-0.39, 0.29) is 44.0 Å². The standard InChI is InChI=1S/C24H35FN6O5/c1-15(2)14-36-24(35)30-20(22(33)34)13-26-21(32)16-6-8-31(9-7-16)19-5-3-4-18(10-19)29-23-27-11-17(25)12-28-23/h3-5,10,15-17,20H,6-9,11-14H2,1-2H3,(H,26,32)(H,30,35)(H,33,34)(H2,27,28,29)/t20-/m0/s1. The molecule has 2 atom stereocenters. The molecule has 3 rings (SSSR count). The quantitative estimate of drug-likeness (QED) is 0.339. The molecule has 1 fully saturated rings. The SMILES string of the molecule is CC(C)COC(=O)N[C@@H](CNC(=O)C1CCN(c2cccc(NC3=NCC(F)CN3)c2)CC1)C(=O)O. The van der Waals surface area contributed by atoms with Crippen LogP contribution in [0.15, 0.2) is 29.3 Å². The first-order chi connectivity index (χ1) is 17.2. The van der Waals surface area contributed by atoms with Gasteiger partial charge in [-0.3, -0.25) is 4.79 Å². The number of hydrogen-bond donors (Lipinski definition) is 5. The molecule has 0 radical (unpaired) electrons. The Morgan fingerprint density at radius 3 is 2.67 bits per heavy atom. The molecular formula is C24H35FN6O5. The van der Waals surface area contributed by atoms with E-state index in [1.807, 2.05) is 38.1 Å². The van der Waals surface area contributed by atoms with Gasteiger partial charge in [0.05, 0.1) is 19.7 Å². The number of carbonyl (C=O) groups excluding carboxylic acids is 2. The minimum Gasteiger partial charge on any atom is -0.480 e. The van der Waals surface area contributed by atoms with E-state index in [4.69, 9.17) is 4.74 Å². The number of piperidine rings is 1. The largest absolute Gasteiger partial charge is 0.480 e. The molecule has 2 heterocycles. The zero-order chi connectivity index (χ0) is 26.1. The van der Waals surface area contributed by atoms with Crippen LogP contribution in [0.2, 0.25) is 0 Å². The van der Waals surface area contributed by atoms with Crippen LogP contribution in [0.5, 0.6) is 0 Å². The molecule has 0 aromatic heterocycles. The van der Waals surface area contributed by atoms with E-state index in [0.29, 0.717) is 31.9 Å². The molecule has 1 unspecified atom stereocenters. The van der Waals surface area contributed by atoms with Gasteiger partial charge in [0.15, 0.2) is 5.96 Å². The molecule has 1 aromatic rings. The van der Waals surface area contributed by atoms with Gasteiger partial charge >= 0.3 is 12.1 Å². The Morgan fingerprint density at radius 2 is 2.03 bits per heavy atom. The number of nitrogens with one attached hydrogen (secondary N) is 4. The Bertz CT molecular complexity index is 951. The van der Waals surface area contributed by atoms with E-state index < -0.39 is 24.3 Å². The van der Waals surface area contributed by atoms with Gasteiger partial charge in [-0.05, 0) is 37.0 Å². The summed E-state index contributed by atoms with van der Waals surface area (Å²) < 4.78 is 18.2. The number of ether oxygens (including phenoxy) is 1. The number of carboxylic acids is 1. The second kappa shape index (κ2) is 12.9. The molecule has 0 aliphatic carbocycles. The highest BCUT2D eigenvalue weighted by atomic mass is 19.1. The van der Waals surface area contributed by atoms with Crippen LogP contribution < -0.4 is 26.2 Å². The van der Waals surface area contributed by atoms with Crippen molar-refractivity contribution < 1.29 is 28.6 Å². The predicted molar refractivity (Wildman–Crippen MR) is 134 cm³/mol. The number of alkyl carbamates (subject to hydrolysis) is 1. The number of anilines is 2. The Balaban J connectivity index is 1.45. The molecule has 2 aliphatic rings. The topological polar surface area (TPSA) is 144 Å². The van der Waals surface area contributed by atoms with E-state index in [2.05, 4.69) is 31.2 Å². The highest BCUT2D eigenvalue weighted by Gasteiger charge is 2.27. The van der Waals surface area contributed by atoms with E-state index in [0.717, 1.165) is 11.4 Å². The van der Waals surface area contributed by atoms with Gasteiger partial charge in [0, 0.05) is 36.9 Å². The van der Waals surface area contributed by atoms with Crippen molar-refractivity contribution in [3.05, 3.63) is 24.3 Å². The van der Waals surface area contributed by atoms with Crippen LogP contribution in [0.4, 0.5) is 20.6 Å². The molecule has 1 aromatic carbocycles. The smallest absolute Gasteiger partial charge is 0.407 e. The van der Waals surface area contributed by atoms with Crippen LogP contribution in [0.1, 0.15) is 26.7 Å². The maximum absolute atomic E-state index is 13.2. The first kappa shape index (κ1) is 27.0. The predicted octanol–water partition coefficient (Wildman–Crippen LogP) is 1.56. The van der Waals surface area contributed by atoms with Gasteiger partial charge < -0.3 is 36.0 Å². The second-order valence-corrected chi connectivity index (χ2v) is 9.38. The Kier molecular flexibility index (Phi) is 9.71. The molecule has 12 heteroatoms. The summed E-state index contributed by atoms with van der Waals surface area (Å²) >= 11 is 0. The minimum atomic E-state index is -1.28. The molecule has 36 heavy (non-hydrogen) atoms.